The van der Waals surface area contributed by atoms with E-state index in [-0.39, 0.29) is 6.09 Å². The average molecular weight is 282 g/mol. The van der Waals surface area contributed by atoms with Gasteiger partial charge >= 0.3 is 6.09 Å². The second kappa shape index (κ2) is 5.92. The number of ether oxygens (including phenoxy) is 1. The van der Waals surface area contributed by atoms with Crippen LogP contribution in [0.3, 0.4) is 0 Å². The predicted molar refractivity (Wildman–Crippen MR) is 80.5 cm³/mol. The monoisotopic (exact) mass is 282 g/mol. The zero-order chi connectivity index (χ0) is 14.8. The summed E-state index contributed by atoms with van der Waals surface area (Å²) in [4.78, 5) is 14.2. The Kier molecular flexibility index (Phi) is 4.62. The second-order valence-electron chi connectivity index (χ2n) is 7.53. The summed E-state index contributed by atoms with van der Waals surface area (Å²) in [7, 11) is 0. The number of rotatable bonds is 2. The third-order valence-electron chi connectivity index (χ3n) is 4.87. The van der Waals surface area contributed by atoms with E-state index in [1.54, 1.807) is 0 Å². The van der Waals surface area contributed by atoms with Crippen LogP contribution in [0.1, 0.15) is 59.3 Å². The molecule has 1 spiro atoms. The fraction of sp³-hybridized carbons (Fsp3) is 0.938. The average Bonchev–Trinajstić information content (AvgIpc) is 2.71. The van der Waals surface area contributed by atoms with Crippen molar-refractivity contribution in [3.63, 3.8) is 0 Å². The van der Waals surface area contributed by atoms with Crippen LogP contribution in [0.15, 0.2) is 0 Å². The Morgan fingerprint density at radius 2 is 2.05 bits per heavy atom. The lowest BCUT2D eigenvalue weighted by atomic mass is 9.71. The molecule has 1 saturated heterocycles. The third kappa shape index (κ3) is 3.46. The summed E-state index contributed by atoms with van der Waals surface area (Å²) in [6.45, 7) is 8.25. The van der Waals surface area contributed by atoms with Crippen LogP contribution >= 0.6 is 0 Å². The third-order valence-corrected chi connectivity index (χ3v) is 4.87. The number of nitrogens with two attached hydrogens (primary N) is 1. The summed E-state index contributed by atoms with van der Waals surface area (Å²) in [5.74, 6) is 0.692. The highest BCUT2D eigenvalue weighted by atomic mass is 16.6. The molecule has 0 aromatic carbocycles. The van der Waals surface area contributed by atoms with Crippen molar-refractivity contribution >= 4 is 6.09 Å². The lowest BCUT2D eigenvalue weighted by Gasteiger charge is -2.44. The maximum Gasteiger partial charge on any atom is 0.410 e. The van der Waals surface area contributed by atoms with Crippen molar-refractivity contribution in [2.75, 3.05) is 19.6 Å². The minimum absolute atomic E-state index is 0.144. The molecule has 1 amide bonds. The molecule has 2 rings (SSSR count). The molecule has 1 saturated carbocycles. The summed E-state index contributed by atoms with van der Waals surface area (Å²) in [5.41, 5.74) is 5.68. The van der Waals surface area contributed by atoms with Gasteiger partial charge in [-0.15, -0.1) is 0 Å². The van der Waals surface area contributed by atoms with Crippen molar-refractivity contribution in [2.24, 2.45) is 17.1 Å². The first kappa shape index (κ1) is 15.6. The number of amides is 1. The first-order valence-corrected chi connectivity index (χ1v) is 8.04. The van der Waals surface area contributed by atoms with E-state index in [0.29, 0.717) is 11.3 Å². The number of piperidine rings is 1. The van der Waals surface area contributed by atoms with Gasteiger partial charge in [0.05, 0.1) is 0 Å². The lowest BCUT2D eigenvalue weighted by Crippen LogP contribution is -2.49. The minimum atomic E-state index is -0.409. The molecule has 1 heterocycles. The van der Waals surface area contributed by atoms with Crippen LogP contribution in [0.2, 0.25) is 0 Å². The summed E-state index contributed by atoms with van der Waals surface area (Å²) >= 11 is 0. The van der Waals surface area contributed by atoms with Crippen LogP contribution in [-0.2, 0) is 4.74 Å². The molecule has 2 aliphatic rings. The van der Waals surface area contributed by atoms with Gasteiger partial charge in [-0.25, -0.2) is 4.79 Å². The van der Waals surface area contributed by atoms with E-state index in [1.807, 2.05) is 25.7 Å². The molecule has 0 aromatic heterocycles. The number of carbonyl (C=O) groups excluding carboxylic acids is 1. The molecule has 0 aromatic rings. The van der Waals surface area contributed by atoms with Gasteiger partial charge in [0, 0.05) is 13.1 Å². The van der Waals surface area contributed by atoms with Gasteiger partial charge in [0.25, 0.3) is 0 Å². The lowest BCUT2D eigenvalue weighted by molar-refractivity contribution is -0.00429. The molecule has 1 aliphatic carbocycles. The molecular formula is C16H30N2O2. The molecule has 2 fully saturated rings. The fourth-order valence-electron chi connectivity index (χ4n) is 4.04. The fourth-order valence-corrected chi connectivity index (χ4v) is 4.04. The predicted octanol–water partition coefficient (Wildman–Crippen LogP) is 3.15. The number of likely N-dealkylation sites (tertiary alicyclic amines) is 1. The topological polar surface area (TPSA) is 55.6 Å². The van der Waals surface area contributed by atoms with Crippen LogP contribution in [0.5, 0.6) is 0 Å². The van der Waals surface area contributed by atoms with Crippen LogP contribution in [-0.4, -0.2) is 36.2 Å². The molecule has 1 aliphatic heterocycles. The van der Waals surface area contributed by atoms with Gasteiger partial charge in [0.15, 0.2) is 0 Å². The molecule has 2 unspecified atom stereocenters. The summed E-state index contributed by atoms with van der Waals surface area (Å²) in [5, 5.41) is 0. The molecule has 2 N–H and O–H groups in total. The van der Waals surface area contributed by atoms with Gasteiger partial charge in [-0.05, 0) is 70.8 Å². The minimum Gasteiger partial charge on any atom is -0.444 e. The Morgan fingerprint density at radius 1 is 1.35 bits per heavy atom. The maximum atomic E-state index is 12.3. The van der Waals surface area contributed by atoms with Gasteiger partial charge in [0.2, 0.25) is 0 Å². The zero-order valence-corrected chi connectivity index (χ0v) is 13.3. The van der Waals surface area contributed by atoms with Gasteiger partial charge in [-0.3, -0.25) is 0 Å². The summed E-state index contributed by atoms with van der Waals surface area (Å²) < 4.78 is 5.54. The molecule has 116 valence electrons. The van der Waals surface area contributed by atoms with Gasteiger partial charge in [-0.2, -0.15) is 0 Å². The Morgan fingerprint density at radius 3 is 2.70 bits per heavy atom. The van der Waals surface area contributed by atoms with Gasteiger partial charge < -0.3 is 15.4 Å². The quantitative estimate of drug-likeness (QED) is 0.846. The second-order valence-corrected chi connectivity index (χ2v) is 7.53. The smallest absolute Gasteiger partial charge is 0.410 e. The number of nitrogens with zero attached hydrogens (tertiary/aromatic N) is 1. The first-order chi connectivity index (χ1) is 9.36. The van der Waals surface area contributed by atoms with Crippen molar-refractivity contribution in [3.8, 4) is 0 Å². The van der Waals surface area contributed by atoms with Gasteiger partial charge in [-0.1, -0.05) is 6.42 Å². The van der Waals surface area contributed by atoms with E-state index < -0.39 is 5.60 Å². The normalized spacial score (nSPS) is 30.8. The van der Waals surface area contributed by atoms with E-state index in [9.17, 15) is 4.79 Å². The number of hydrogen-bond donors (Lipinski definition) is 1. The largest absolute Gasteiger partial charge is 0.444 e. The highest BCUT2D eigenvalue weighted by Gasteiger charge is 2.46. The first-order valence-electron chi connectivity index (χ1n) is 8.04. The molecular weight excluding hydrogens is 252 g/mol. The van der Waals surface area contributed by atoms with E-state index in [0.717, 1.165) is 32.5 Å². The summed E-state index contributed by atoms with van der Waals surface area (Å²) in [6.07, 6.45) is 7.11. The SMILES string of the molecule is CC(C)(C)OC(=O)N1CCCC2(CCCC2CCN)C1. The molecule has 0 radical (unpaired) electrons. The Balaban J connectivity index is 2.02. The molecule has 20 heavy (non-hydrogen) atoms. The Labute approximate surface area is 123 Å². The van der Waals surface area contributed by atoms with Crippen LogP contribution in [0, 0.1) is 11.3 Å². The van der Waals surface area contributed by atoms with Crippen LogP contribution in [0.25, 0.3) is 0 Å². The number of carbonyl (C=O) groups is 1. The zero-order valence-electron chi connectivity index (χ0n) is 13.3. The van der Waals surface area contributed by atoms with Crippen LogP contribution < -0.4 is 5.73 Å². The van der Waals surface area contributed by atoms with Crippen LogP contribution in [0.4, 0.5) is 4.79 Å². The van der Waals surface area contributed by atoms with Crippen molar-refractivity contribution in [1.82, 2.24) is 4.90 Å². The number of hydrogen-bond acceptors (Lipinski definition) is 3. The van der Waals surface area contributed by atoms with Gasteiger partial charge in [0.1, 0.15) is 5.60 Å². The Bertz CT molecular complexity index is 351. The maximum absolute atomic E-state index is 12.3. The van der Waals surface area contributed by atoms with E-state index in [1.165, 1.54) is 25.7 Å². The molecule has 4 nitrogen and oxygen atoms in total. The van der Waals surface area contributed by atoms with Crippen molar-refractivity contribution in [1.29, 1.82) is 0 Å². The van der Waals surface area contributed by atoms with Crippen molar-refractivity contribution in [2.45, 2.75) is 64.9 Å². The highest BCUT2D eigenvalue weighted by molar-refractivity contribution is 5.68. The van der Waals surface area contributed by atoms with E-state index in [4.69, 9.17) is 10.5 Å². The molecule has 4 heteroatoms. The van der Waals surface area contributed by atoms with Crippen molar-refractivity contribution in [3.05, 3.63) is 0 Å². The molecule has 0 bridgehead atoms. The highest BCUT2D eigenvalue weighted by Crippen LogP contribution is 2.50. The van der Waals surface area contributed by atoms with E-state index >= 15 is 0 Å². The van der Waals surface area contributed by atoms with E-state index in [2.05, 4.69) is 0 Å². The van der Waals surface area contributed by atoms with Crippen molar-refractivity contribution < 1.29 is 9.53 Å². The molecule has 2 atom stereocenters. The summed E-state index contributed by atoms with van der Waals surface area (Å²) in [6, 6.07) is 0. The Hall–Kier alpha value is -0.770. The standard InChI is InChI=1S/C16H30N2O2/c1-15(2,3)20-14(19)18-11-5-9-16(12-18)8-4-6-13(16)7-10-17/h13H,4-12,17H2,1-3H3.